The van der Waals surface area contributed by atoms with Crippen molar-refractivity contribution >= 4 is 0 Å². The number of rotatable bonds is 9. The van der Waals surface area contributed by atoms with Gasteiger partial charge >= 0.3 is 0 Å². The molecule has 0 aromatic carbocycles. The molecule has 19 heavy (non-hydrogen) atoms. The summed E-state index contributed by atoms with van der Waals surface area (Å²) in [6.07, 6.45) is -5.00. The summed E-state index contributed by atoms with van der Waals surface area (Å²) in [4.78, 5) is 0. The molecule has 0 aromatic heterocycles. The minimum Gasteiger partial charge on any atom is -0.390 e. The molecule has 0 aromatic rings. The van der Waals surface area contributed by atoms with E-state index in [-0.39, 0.29) is 18.1 Å². The van der Waals surface area contributed by atoms with Gasteiger partial charge in [-0.3, -0.25) is 0 Å². The molecular weight excluding hydrogens is 252 g/mol. The van der Waals surface area contributed by atoms with Gasteiger partial charge in [0.25, 0.3) is 0 Å². The van der Waals surface area contributed by atoms with Crippen molar-refractivity contribution in [2.45, 2.75) is 64.3 Å². The van der Waals surface area contributed by atoms with Gasteiger partial charge in [-0.2, -0.15) is 0 Å². The number of hydrogen-bond donors (Lipinski definition) is 4. The van der Waals surface area contributed by atoms with Gasteiger partial charge in [-0.05, 0) is 20.3 Å². The fraction of sp³-hybridized carbons (Fsp3) is 1.00. The van der Waals surface area contributed by atoms with E-state index >= 15 is 0 Å². The molecule has 0 heterocycles. The highest BCUT2D eigenvalue weighted by Gasteiger charge is 2.34. The van der Waals surface area contributed by atoms with Crippen LogP contribution >= 0.6 is 0 Å². The maximum absolute atomic E-state index is 9.91. The molecule has 0 rings (SSSR count). The molecule has 6 nitrogen and oxygen atoms in total. The number of ether oxygens (including phenoxy) is 2. The van der Waals surface area contributed by atoms with Gasteiger partial charge in [0.1, 0.15) is 12.2 Å². The van der Waals surface area contributed by atoms with Crippen molar-refractivity contribution < 1.29 is 29.9 Å². The zero-order valence-electron chi connectivity index (χ0n) is 12.4. The van der Waals surface area contributed by atoms with E-state index in [9.17, 15) is 20.4 Å². The number of methoxy groups -OCH3 is 1. The largest absolute Gasteiger partial charge is 0.390 e. The Hall–Kier alpha value is -0.240. The highest BCUT2D eigenvalue weighted by atomic mass is 16.6. The van der Waals surface area contributed by atoms with Crippen LogP contribution in [0.3, 0.4) is 0 Å². The molecule has 5 atom stereocenters. The molecule has 5 unspecified atom stereocenters. The topological polar surface area (TPSA) is 99.4 Å². The van der Waals surface area contributed by atoms with E-state index in [0.29, 0.717) is 0 Å². The zero-order chi connectivity index (χ0) is 15.2. The van der Waals surface area contributed by atoms with Crippen LogP contribution in [0, 0.1) is 5.92 Å². The minimum absolute atomic E-state index is 0.245. The van der Waals surface area contributed by atoms with Crippen LogP contribution in [0.15, 0.2) is 0 Å². The van der Waals surface area contributed by atoms with E-state index in [4.69, 9.17) is 4.74 Å². The van der Waals surface area contributed by atoms with Gasteiger partial charge < -0.3 is 29.9 Å². The van der Waals surface area contributed by atoms with Gasteiger partial charge in [0, 0.05) is 13.0 Å². The Balaban J connectivity index is 4.36. The predicted octanol–water partition coefficient (Wildman–Crippen LogP) is -0.125. The molecule has 6 heteroatoms. The first-order valence-corrected chi connectivity index (χ1v) is 6.55. The van der Waals surface area contributed by atoms with Crippen LogP contribution in [0.1, 0.15) is 34.1 Å². The molecule has 116 valence electrons. The average molecular weight is 280 g/mol. The van der Waals surface area contributed by atoms with Crippen LogP contribution in [-0.2, 0) is 9.47 Å². The average Bonchev–Trinajstić information content (AvgIpc) is 2.41. The maximum atomic E-state index is 9.91. The Bertz CT molecular complexity index is 245. The normalized spacial score (nSPS) is 20.7. The fourth-order valence-corrected chi connectivity index (χ4v) is 1.40. The molecule has 0 amide bonds. The van der Waals surface area contributed by atoms with Gasteiger partial charge in [-0.25, -0.2) is 0 Å². The minimum atomic E-state index is -1.57. The molecule has 0 bridgehead atoms. The lowest BCUT2D eigenvalue weighted by Gasteiger charge is -2.31. The van der Waals surface area contributed by atoms with Gasteiger partial charge in [0.05, 0.1) is 18.3 Å². The van der Waals surface area contributed by atoms with Crippen molar-refractivity contribution in [2.75, 3.05) is 13.7 Å². The summed E-state index contributed by atoms with van der Waals surface area (Å²) < 4.78 is 10.1. The molecule has 0 saturated carbocycles. The summed E-state index contributed by atoms with van der Waals surface area (Å²) in [5.74, 6) is -0.389. The smallest absolute Gasteiger partial charge is 0.183 e. The van der Waals surface area contributed by atoms with E-state index in [2.05, 4.69) is 4.74 Å². The summed E-state index contributed by atoms with van der Waals surface area (Å²) >= 11 is 0. The summed E-state index contributed by atoms with van der Waals surface area (Å²) in [5, 5.41) is 38.5. The summed E-state index contributed by atoms with van der Waals surface area (Å²) in [7, 11) is 1.20. The number of aliphatic hydroxyl groups is 4. The molecule has 0 radical (unpaired) electrons. The van der Waals surface area contributed by atoms with Crippen LogP contribution in [0.25, 0.3) is 0 Å². The van der Waals surface area contributed by atoms with E-state index in [0.717, 1.165) is 6.42 Å². The Morgan fingerprint density at radius 3 is 1.95 bits per heavy atom. The van der Waals surface area contributed by atoms with Crippen molar-refractivity contribution in [3.8, 4) is 0 Å². The van der Waals surface area contributed by atoms with Crippen LogP contribution in [0.2, 0.25) is 0 Å². The molecule has 0 aliphatic carbocycles. The third kappa shape index (κ3) is 6.16. The number of aliphatic hydroxyl groups excluding tert-OH is 4. The summed E-state index contributed by atoms with van der Waals surface area (Å²) in [6, 6.07) is 0. The molecule has 0 fully saturated rings. The third-order valence-electron chi connectivity index (χ3n) is 3.40. The van der Waals surface area contributed by atoms with E-state index < -0.39 is 24.6 Å². The SMILES string of the molecule is CCC(C)(C)OCC(C)C(O)C(O)C(O)C(O)OC. The number of hydrogen-bond acceptors (Lipinski definition) is 6. The molecule has 4 N–H and O–H groups in total. The van der Waals surface area contributed by atoms with E-state index in [1.165, 1.54) is 7.11 Å². The standard InChI is InChI=1S/C13H28O6/c1-6-13(3,4)19-7-8(2)9(14)10(15)11(16)12(17)18-5/h8-12,14-17H,6-7H2,1-5H3. The predicted molar refractivity (Wildman–Crippen MR) is 70.5 cm³/mol. The van der Waals surface area contributed by atoms with E-state index in [1.54, 1.807) is 6.92 Å². The fourth-order valence-electron chi connectivity index (χ4n) is 1.40. The molecule has 0 aliphatic heterocycles. The summed E-state index contributed by atoms with van der Waals surface area (Å²) in [6.45, 7) is 7.81. The van der Waals surface area contributed by atoms with Crippen molar-refractivity contribution in [3.63, 3.8) is 0 Å². The lowest BCUT2D eigenvalue weighted by Crippen LogP contribution is -2.48. The Kier molecular flexibility index (Phi) is 8.03. The van der Waals surface area contributed by atoms with Crippen molar-refractivity contribution in [3.05, 3.63) is 0 Å². The second kappa shape index (κ2) is 8.14. The first kappa shape index (κ1) is 18.8. The third-order valence-corrected chi connectivity index (χ3v) is 3.40. The molecule has 0 saturated heterocycles. The Labute approximate surface area is 115 Å². The first-order chi connectivity index (χ1) is 8.66. The van der Waals surface area contributed by atoms with Gasteiger partial charge in [-0.1, -0.05) is 13.8 Å². The maximum Gasteiger partial charge on any atom is 0.183 e. The van der Waals surface area contributed by atoms with Crippen molar-refractivity contribution in [2.24, 2.45) is 5.92 Å². The summed E-state index contributed by atoms with van der Waals surface area (Å²) in [5.41, 5.74) is -0.302. The van der Waals surface area contributed by atoms with Crippen LogP contribution in [0.4, 0.5) is 0 Å². The van der Waals surface area contributed by atoms with Crippen molar-refractivity contribution in [1.82, 2.24) is 0 Å². The molecule has 0 aliphatic rings. The van der Waals surface area contributed by atoms with Crippen LogP contribution in [0.5, 0.6) is 0 Å². The van der Waals surface area contributed by atoms with Crippen molar-refractivity contribution in [1.29, 1.82) is 0 Å². The molecular formula is C13H28O6. The van der Waals surface area contributed by atoms with Gasteiger partial charge in [-0.15, -0.1) is 0 Å². The zero-order valence-corrected chi connectivity index (χ0v) is 12.4. The first-order valence-electron chi connectivity index (χ1n) is 6.55. The van der Waals surface area contributed by atoms with Crippen LogP contribution in [-0.4, -0.2) is 64.3 Å². The van der Waals surface area contributed by atoms with Gasteiger partial charge in [0.15, 0.2) is 6.29 Å². The Morgan fingerprint density at radius 2 is 1.53 bits per heavy atom. The lowest BCUT2D eigenvalue weighted by atomic mass is 9.96. The second-order valence-corrected chi connectivity index (χ2v) is 5.50. The van der Waals surface area contributed by atoms with Crippen LogP contribution < -0.4 is 0 Å². The quantitative estimate of drug-likeness (QED) is 0.439. The second-order valence-electron chi connectivity index (χ2n) is 5.50. The van der Waals surface area contributed by atoms with E-state index in [1.807, 2.05) is 20.8 Å². The molecule has 0 spiro atoms. The highest BCUT2D eigenvalue weighted by Crippen LogP contribution is 2.19. The van der Waals surface area contributed by atoms with Gasteiger partial charge in [0.2, 0.25) is 0 Å². The Morgan fingerprint density at radius 1 is 1.00 bits per heavy atom. The monoisotopic (exact) mass is 280 g/mol. The highest BCUT2D eigenvalue weighted by molar-refractivity contribution is 4.81. The lowest BCUT2D eigenvalue weighted by molar-refractivity contribution is -0.198.